The Morgan fingerprint density at radius 3 is 2.60 bits per heavy atom. The summed E-state index contributed by atoms with van der Waals surface area (Å²) in [4.78, 5) is 0. The second-order valence-corrected chi connectivity index (χ2v) is 3.51. The molecule has 0 unspecified atom stereocenters. The first-order chi connectivity index (χ1) is 7.31. The highest BCUT2D eigenvalue weighted by molar-refractivity contribution is 5.47. The van der Waals surface area contributed by atoms with Gasteiger partial charge in [-0.1, -0.05) is 0 Å². The molecule has 4 nitrogen and oxygen atoms in total. The number of aryl methyl sites for hydroxylation is 1. The first-order valence-electron chi connectivity index (χ1n) is 5.02. The monoisotopic (exact) mass is 209 g/mol. The number of ether oxygens (including phenoxy) is 2. The van der Waals surface area contributed by atoms with Crippen molar-refractivity contribution in [3.8, 4) is 11.5 Å². The van der Waals surface area contributed by atoms with Gasteiger partial charge in [0, 0.05) is 6.54 Å². The lowest BCUT2D eigenvalue weighted by molar-refractivity contribution is 0.171. The van der Waals surface area contributed by atoms with E-state index in [0.717, 1.165) is 22.6 Å². The third kappa shape index (κ3) is 2.22. The van der Waals surface area contributed by atoms with Gasteiger partial charge in [-0.25, -0.2) is 0 Å². The van der Waals surface area contributed by atoms with Crippen molar-refractivity contribution in [1.29, 1.82) is 0 Å². The van der Waals surface area contributed by atoms with Gasteiger partial charge in [-0.2, -0.15) is 0 Å². The van der Waals surface area contributed by atoms with Crippen molar-refractivity contribution in [3.05, 3.63) is 23.3 Å². The minimum atomic E-state index is -0.0200. The molecule has 1 aromatic rings. The standard InChI is InChI=1S/C11H15NO3/c1-8-4-10-11(15-3-2-14-10)5-9(8)6-12-7-13/h4-5,12-13H,2-3,6-7H2,1H3. The molecular formula is C11H15NO3. The molecule has 82 valence electrons. The van der Waals surface area contributed by atoms with Crippen molar-refractivity contribution in [3.63, 3.8) is 0 Å². The molecule has 0 bridgehead atoms. The van der Waals surface area contributed by atoms with E-state index in [2.05, 4.69) is 5.32 Å². The van der Waals surface area contributed by atoms with Gasteiger partial charge in [0.25, 0.3) is 0 Å². The van der Waals surface area contributed by atoms with Gasteiger partial charge in [0.2, 0.25) is 0 Å². The zero-order valence-corrected chi connectivity index (χ0v) is 8.75. The number of hydrogen-bond donors (Lipinski definition) is 2. The topological polar surface area (TPSA) is 50.7 Å². The predicted molar refractivity (Wildman–Crippen MR) is 56.1 cm³/mol. The van der Waals surface area contributed by atoms with Crippen molar-refractivity contribution >= 4 is 0 Å². The Hall–Kier alpha value is -1.26. The van der Waals surface area contributed by atoms with E-state index in [0.29, 0.717) is 19.8 Å². The molecule has 0 fully saturated rings. The smallest absolute Gasteiger partial charge is 0.161 e. The number of benzene rings is 1. The van der Waals surface area contributed by atoms with Crippen LogP contribution in [0.5, 0.6) is 11.5 Å². The third-order valence-electron chi connectivity index (χ3n) is 2.43. The summed E-state index contributed by atoms with van der Waals surface area (Å²) < 4.78 is 11.0. The second-order valence-electron chi connectivity index (χ2n) is 3.51. The Morgan fingerprint density at radius 1 is 1.27 bits per heavy atom. The maximum atomic E-state index is 8.69. The van der Waals surface area contributed by atoms with Gasteiger partial charge in [-0.05, 0) is 30.2 Å². The lowest BCUT2D eigenvalue weighted by Crippen LogP contribution is -2.18. The molecule has 0 saturated carbocycles. The van der Waals surface area contributed by atoms with Gasteiger partial charge < -0.3 is 14.6 Å². The van der Waals surface area contributed by atoms with Crippen molar-refractivity contribution in [1.82, 2.24) is 5.32 Å². The summed E-state index contributed by atoms with van der Waals surface area (Å²) in [6.07, 6.45) is 0. The van der Waals surface area contributed by atoms with E-state index in [4.69, 9.17) is 14.6 Å². The molecule has 2 rings (SSSR count). The van der Waals surface area contributed by atoms with Gasteiger partial charge in [-0.15, -0.1) is 0 Å². The summed E-state index contributed by atoms with van der Waals surface area (Å²) in [6, 6.07) is 3.94. The lowest BCUT2D eigenvalue weighted by atomic mass is 10.1. The zero-order chi connectivity index (χ0) is 10.7. The van der Waals surface area contributed by atoms with Gasteiger partial charge in [0.15, 0.2) is 11.5 Å². The lowest BCUT2D eigenvalue weighted by Gasteiger charge is -2.20. The van der Waals surface area contributed by atoms with Crippen LogP contribution >= 0.6 is 0 Å². The van der Waals surface area contributed by atoms with Gasteiger partial charge in [0.05, 0.1) is 6.73 Å². The molecule has 1 aliphatic heterocycles. The van der Waals surface area contributed by atoms with Gasteiger partial charge in [-0.3, -0.25) is 5.32 Å². The SMILES string of the molecule is Cc1cc2c(cc1CNCO)OCCO2. The summed E-state index contributed by atoms with van der Waals surface area (Å²) in [5.74, 6) is 1.60. The van der Waals surface area contributed by atoms with Crippen LogP contribution in [0.2, 0.25) is 0 Å². The van der Waals surface area contributed by atoms with Crippen LogP contribution in [0.1, 0.15) is 11.1 Å². The fraction of sp³-hybridized carbons (Fsp3) is 0.455. The van der Waals surface area contributed by atoms with Crippen molar-refractivity contribution in [2.24, 2.45) is 0 Å². The predicted octanol–water partition coefficient (Wildman–Crippen LogP) is 0.806. The van der Waals surface area contributed by atoms with Crippen LogP contribution in [0, 0.1) is 6.92 Å². The third-order valence-corrected chi connectivity index (χ3v) is 2.43. The molecule has 0 amide bonds. The van der Waals surface area contributed by atoms with Crippen LogP contribution in [-0.4, -0.2) is 25.1 Å². The van der Waals surface area contributed by atoms with Crippen LogP contribution < -0.4 is 14.8 Å². The molecule has 0 radical (unpaired) electrons. The molecule has 0 aliphatic carbocycles. The van der Waals surface area contributed by atoms with E-state index in [1.165, 1.54) is 0 Å². The van der Waals surface area contributed by atoms with Crippen LogP contribution in [0.25, 0.3) is 0 Å². The highest BCUT2D eigenvalue weighted by Crippen LogP contribution is 2.32. The Labute approximate surface area is 88.8 Å². The maximum Gasteiger partial charge on any atom is 0.161 e. The molecule has 0 atom stereocenters. The van der Waals surface area contributed by atoms with Crippen LogP contribution in [0.3, 0.4) is 0 Å². The van der Waals surface area contributed by atoms with E-state index in [1.807, 2.05) is 19.1 Å². The Morgan fingerprint density at radius 2 is 1.93 bits per heavy atom. The summed E-state index contributed by atoms with van der Waals surface area (Å²) in [6.45, 7) is 3.85. The normalized spacial score (nSPS) is 14.0. The number of aliphatic hydroxyl groups is 1. The quantitative estimate of drug-likeness (QED) is 0.723. The Bertz CT molecular complexity index is 352. The molecule has 2 N–H and O–H groups in total. The Kier molecular flexibility index (Phi) is 3.08. The molecule has 0 aromatic heterocycles. The zero-order valence-electron chi connectivity index (χ0n) is 8.75. The number of rotatable bonds is 3. The molecule has 0 saturated heterocycles. The molecule has 4 heteroatoms. The summed E-state index contributed by atoms with van der Waals surface area (Å²) in [5.41, 5.74) is 2.26. The largest absolute Gasteiger partial charge is 0.486 e. The highest BCUT2D eigenvalue weighted by Gasteiger charge is 2.13. The number of hydrogen-bond acceptors (Lipinski definition) is 4. The molecule has 1 aromatic carbocycles. The van der Waals surface area contributed by atoms with E-state index < -0.39 is 0 Å². The average molecular weight is 209 g/mol. The van der Waals surface area contributed by atoms with E-state index in [-0.39, 0.29) is 6.73 Å². The number of fused-ring (bicyclic) bond motifs is 1. The van der Waals surface area contributed by atoms with E-state index in [1.54, 1.807) is 0 Å². The van der Waals surface area contributed by atoms with Crippen LogP contribution in [-0.2, 0) is 6.54 Å². The first-order valence-corrected chi connectivity index (χ1v) is 5.02. The van der Waals surface area contributed by atoms with Crippen molar-refractivity contribution in [2.45, 2.75) is 13.5 Å². The highest BCUT2D eigenvalue weighted by atomic mass is 16.6. The summed E-state index contributed by atoms with van der Waals surface area (Å²) in [7, 11) is 0. The molecular weight excluding hydrogens is 194 g/mol. The van der Waals surface area contributed by atoms with Crippen LogP contribution in [0.4, 0.5) is 0 Å². The second kappa shape index (κ2) is 4.51. The maximum absolute atomic E-state index is 8.69. The van der Waals surface area contributed by atoms with Crippen molar-refractivity contribution < 1.29 is 14.6 Å². The first kappa shape index (κ1) is 10.3. The molecule has 1 aliphatic rings. The van der Waals surface area contributed by atoms with Gasteiger partial charge in [0.1, 0.15) is 13.2 Å². The average Bonchev–Trinajstić information content (AvgIpc) is 2.26. The molecule has 0 spiro atoms. The van der Waals surface area contributed by atoms with E-state index >= 15 is 0 Å². The summed E-state index contributed by atoms with van der Waals surface area (Å²) in [5, 5.41) is 11.6. The minimum absolute atomic E-state index is 0.0200. The molecule has 1 heterocycles. The van der Waals surface area contributed by atoms with Gasteiger partial charge >= 0.3 is 0 Å². The molecule has 15 heavy (non-hydrogen) atoms. The fourth-order valence-electron chi connectivity index (χ4n) is 1.61. The minimum Gasteiger partial charge on any atom is -0.486 e. The number of nitrogens with one attached hydrogen (secondary N) is 1. The Balaban J connectivity index is 2.24. The van der Waals surface area contributed by atoms with E-state index in [9.17, 15) is 0 Å². The van der Waals surface area contributed by atoms with Crippen LogP contribution in [0.15, 0.2) is 12.1 Å². The number of aliphatic hydroxyl groups excluding tert-OH is 1. The fourth-order valence-corrected chi connectivity index (χ4v) is 1.61. The summed E-state index contributed by atoms with van der Waals surface area (Å²) >= 11 is 0. The van der Waals surface area contributed by atoms with Crippen molar-refractivity contribution in [2.75, 3.05) is 19.9 Å².